The Labute approximate surface area is 99.5 Å². The van der Waals surface area contributed by atoms with Gasteiger partial charge in [0.2, 0.25) is 0 Å². The molecule has 1 N–H and O–H groups in total. The Hall–Kier alpha value is -0.740. The van der Waals surface area contributed by atoms with E-state index in [1.54, 1.807) is 7.11 Å². The Bertz CT molecular complexity index is 315. The molecule has 1 rings (SSSR count). The van der Waals surface area contributed by atoms with Crippen LogP contribution in [0.2, 0.25) is 0 Å². The average molecular weight is 273 g/mol. The van der Waals surface area contributed by atoms with Crippen LogP contribution in [0.25, 0.3) is 0 Å². The normalized spacial score (nSPS) is 10.5. The summed E-state index contributed by atoms with van der Waals surface area (Å²) in [6.07, 6.45) is 0. The molecular formula is C11H17BrN2O. The monoisotopic (exact) mass is 272 g/mol. The van der Waals surface area contributed by atoms with Gasteiger partial charge in [-0.15, -0.1) is 0 Å². The van der Waals surface area contributed by atoms with Gasteiger partial charge in [-0.2, -0.15) is 0 Å². The standard InChI is InChI=1S/C11H17BrN2O/c1-14(2)5-4-13-10-6-9(12)7-11(8-10)15-3/h6-8,13H,4-5H2,1-3H3. The fourth-order valence-corrected chi connectivity index (χ4v) is 1.68. The highest BCUT2D eigenvalue weighted by Crippen LogP contribution is 2.24. The third-order valence-electron chi connectivity index (χ3n) is 2.00. The Morgan fingerprint density at radius 3 is 2.67 bits per heavy atom. The van der Waals surface area contributed by atoms with E-state index >= 15 is 0 Å². The second-order valence-electron chi connectivity index (χ2n) is 3.61. The Balaban J connectivity index is 2.56. The van der Waals surface area contributed by atoms with Crippen LogP contribution in [0.15, 0.2) is 22.7 Å². The van der Waals surface area contributed by atoms with Crippen LogP contribution in [0.1, 0.15) is 0 Å². The van der Waals surface area contributed by atoms with E-state index in [1.807, 2.05) is 18.2 Å². The van der Waals surface area contributed by atoms with Crippen molar-refractivity contribution >= 4 is 21.6 Å². The van der Waals surface area contributed by atoms with E-state index in [-0.39, 0.29) is 0 Å². The summed E-state index contributed by atoms with van der Waals surface area (Å²) in [5, 5.41) is 3.34. The maximum absolute atomic E-state index is 5.18. The lowest BCUT2D eigenvalue weighted by molar-refractivity contribution is 0.414. The zero-order valence-electron chi connectivity index (χ0n) is 9.38. The molecule has 0 saturated heterocycles. The molecule has 0 atom stereocenters. The van der Waals surface area contributed by atoms with Crippen LogP contribution in [0.4, 0.5) is 5.69 Å². The summed E-state index contributed by atoms with van der Waals surface area (Å²) in [4.78, 5) is 2.14. The molecule has 0 heterocycles. The highest BCUT2D eigenvalue weighted by molar-refractivity contribution is 9.10. The molecule has 0 spiro atoms. The van der Waals surface area contributed by atoms with Crippen molar-refractivity contribution in [1.82, 2.24) is 4.90 Å². The van der Waals surface area contributed by atoms with Gasteiger partial charge in [-0.1, -0.05) is 15.9 Å². The van der Waals surface area contributed by atoms with Gasteiger partial charge in [-0.3, -0.25) is 0 Å². The number of nitrogens with zero attached hydrogens (tertiary/aromatic N) is 1. The summed E-state index contributed by atoms with van der Waals surface area (Å²) >= 11 is 3.44. The fraction of sp³-hybridized carbons (Fsp3) is 0.455. The molecule has 0 aliphatic heterocycles. The van der Waals surface area contributed by atoms with Crippen molar-refractivity contribution in [1.29, 1.82) is 0 Å². The summed E-state index contributed by atoms with van der Waals surface area (Å²) < 4.78 is 6.21. The van der Waals surface area contributed by atoms with Gasteiger partial charge in [0.25, 0.3) is 0 Å². The maximum atomic E-state index is 5.18. The first-order valence-electron chi connectivity index (χ1n) is 4.85. The predicted molar refractivity (Wildman–Crippen MR) is 67.7 cm³/mol. The summed E-state index contributed by atoms with van der Waals surface area (Å²) in [5.74, 6) is 0.858. The van der Waals surface area contributed by atoms with Gasteiger partial charge in [0.05, 0.1) is 7.11 Å². The van der Waals surface area contributed by atoms with E-state index in [9.17, 15) is 0 Å². The van der Waals surface area contributed by atoms with Crippen molar-refractivity contribution in [3.63, 3.8) is 0 Å². The minimum absolute atomic E-state index is 0.858. The molecule has 3 nitrogen and oxygen atoms in total. The number of ether oxygens (including phenoxy) is 1. The second-order valence-corrected chi connectivity index (χ2v) is 4.53. The van der Waals surface area contributed by atoms with Crippen LogP contribution in [0.5, 0.6) is 5.75 Å². The van der Waals surface area contributed by atoms with Crippen LogP contribution in [0.3, 0.4) is 0 Å². The molecule has 0 bridgehead atoms. The molecule has 1 aromatic rings. The maximum Gasteiger partial charge on any atom is 0.122 e. The minimum Gasteiger partial charge on any atom is -0.497 e. The van der Waals surface area contributed by atoms with Crippen molar-refractivity contribution in [2.24, 2.45) is 0 Å². The zero-order chi connectivity index (χ0) is 11.3. The van der Waals surface area contributed by atoms with Crippen LogP contribution in [0, 0.1) is 0 Å². The smallest absolute Gasteiger partial charge is 0.122 e. The van der Waals surface area contributed by atoms with Crippen LogP contribution in [-0.2, 0) is 0 Å². The molecular weight excluding hydrogens is 256 g/mol. The zero-order valence-corrected chi connectivity index (χ0v) is 11.0. The van der Waals surface area contributed by atoms with Gasteiger partial charge in [-0.25, -0.2) is 0 Å². The molecule has 0 amide bonds. The van der Waals surface area contributed by atoms with Crippen molar-refractivity contribution in [3.8, 4) is 5.75 Å². The number of benzene rings is 1. The number of methoxy groups -OCH3 is 1. The van der Waals surface area contributed by atoms with Crippen LogP contribution >= 0.6 is 15.9 Å². The summed E-state index contributed by atoms with van der Waals surface area (Å²) in [7, 11) is 5.79. The topological polar surface area (TPSA) is 24.5 Å². The number of nitrogens with one attached hydrogen (secondary N) is 1. The molecule has 0 radical (unpaired) electrons. The van der Waals surface area contributed by atoms with E-state index in [0.29, 0.717) is 0 Å². The van der Waals surface area contributed by atoms with E-state index in [1.165, 1.54) is 0 Å². The molecule has 0 aromatic heterocycles. The fourth-order valence-electron chi connectivity index (χ4n) is 1.21. The third-order valence-corrected chi connectivity index (χ3v) is 2.45. The van der Waals surface area contributed by atoms with Crippen LogP contribution in [-0.4, -0.2) is 39.2 Å². The first-order valence-corrected chi connectivity index (χ1v) is 5.64. The van der Waals surface area contributed by atoms with Gasteiger partial charge in [-0.05, 0) is 26.2 Å². The SMILES string of the molecule is COc1cc(Br)cc(NCCN(C)C)c1. The first kappa shape index (κ1) is 12.3. The average Bonchev–Trinajstić information content (AvgIpc) is 2.16. The van der Waals surface area contributed by atoms with Gasteiger partial charge in [0.1, 0.15) is 5.75 Å². The highest BCUT2D eigenvalue weighted by atomic mass is 79.9. The minimum atomic E-state index is 0.858. The van der Waals surface area contributed by atoms with Crippen molar-refractivity contribution in [2.45, 2.75) is 0 Å². The molecule has 0 fully saturated rings. The van der Waals surface area contributed by atoms with E-state index in [4.69, 9.17) is 4.74 Å². The molecule has 1 aromatic carbocycles. The molecule has 0 aliphatic carbocycles. The van der Waals surface area contributed by atoms with Crippen molar-refractivity contribution in [3.05, 3.63) is 22.7 Å². The van der Waals surface area contributed by atoms with E-state index in [0.717, 1.165) is 29.0 Å². The van der Waals surface area contributed by atoms with Crippen LogP contribution < -0.4 is 10.1 Å². The number of hydrogen-bond acceptors (Lipinski definition) is 3. The molecule has 84 valence electrons. The van der Waals surface area contributed by atoms with Crippen molar-refractivity contribution < 1.29 is 4.74 Å². The number of hydrogen-bond donors (Lipinski definition) is 1. The third kappa shape index (κ3) is 4.53. The van der Waals surface area contributed by atoms with Gasteiger partial charge in [0.15, 0.2) is 0 Å². The number of anilines is 1. The first-order chi connectivity index (χ1) is 7.11. The Kier molecular flexibility index (Phi) is 4.91. The Morgan fingerprint density at radius 1 is 1.33 bits per heavy atom. The van der Waals surface area contributed by atoms with Gasteiger partial charge in [0, 0.05) is 29.3 Å². The number of halogens is 1. The number of likely N-dealkylation sites (N-methyl/N-ethyl adjacent to an activating group) is 1. The highest BCUT2D eigenvalue weighted by Gasteiger charge is 1.99. The van der Waals surface area contributed by atoms with E-state index < -0.39 is 0 Å². The van der Waals surface area contributed by atoms with Gasteiger partial charge >= 0.3 is 0 Å². The van der Waals surface area contributed by atoms with E-state index in [2.05, 4.69) is 40.2 Å². The molecule has 4 heteroatoms. The Morgan fingerprint density at radius 2 is 2.07 bits per heavy atom. The quantitative estimate of drug-likeness (QED) is 0.891. The lowest BCUT2D eigenvalue weighted by Crippen LogP contribution is -2.20. The molecule has 0 aliphatic rings. The summed E-state index contributed by atoms with van der Waals surface area (Å²) in [5.41, 5.74) is 1.07. The summed E-state index contributed by atoms with van der Waals surface area (Å²) in [6.45, 7) is 1.93. The molecule has 15 heavy (non-hydrogen) atoms. The predicted octanol–water partition coefficient (Wildman–Crippen LogP) is 2.43. The second kappa shape index (κ2) is 5.98. The lowest BCUT2D eigenvalue weighted by Gasteiger charge is -2.12. The van der Waals surface area contributed by atoms with Gasteiger partial charge < -0.3 is 15.0 Å². The van der Waals surface area contributed by atoms with Crippen molar-refractivity contribution in [2.75, 3.05) is 39.6 Å². The molecule has 0 saturated carbocycles. The summed E-state index contributed by atoms with van der Waals surface area (Å²) in [6, 6.07) is 5.97. The molecule has 0 unspecified atom stereocenters. The number of rotatable bonds is 5. The lowest BCUT2D eigenvalue weighted by atomic mass is 10.3. The largest absolute Gasteiger partial charge is 0.497 e.